The van der Waals surface area contributed by atoms with Gasteiger partial charge in [-0.1, -0.05) is 0 Å². The van der Waals surface area contributed by atoms with E-state index in [-0.39, 0.29) is 12.0 Å². The van der Waals surface area contributed by atoms with Crippen LogP contribution in [0.4, 0.5) is 5.82 Å². The quantitative estimate of drug-likeness (QED) is 0.557. The van der Waals surface area contributed by atoms with Gasteiger partial charge in [0.2, 0.25) is 0 Å². The van der Waals surface area contributed by atoms with Crippen molar-refractivity contribution in [3.63, 3.8) is 0 Å². The van der Waals surface area contributed by atoms with E-state index >= 15 is 0 Å². The number of nitrogens with one attached hydrogen (secondary N) is 1. The molecule has 0 radical (unpaired) electrons. The van der Waals surface area contributed by atoms with Gasteiger partial charge in [0.25, 0.3) is 0 Å². The predicted molar refractivity (Wildman–Crippen MR) is 88.0 cm³/mol. The van der Waals surface area contributed by atoms with Gasteiger partial charge in [-0.25, -0.2) is 9.97 Å². The van der Waals surface area contributed by atoms with Gasteiger partial charge in [0.15, 0.2) is 0 Å². The average molecular weight is 328 g/mol. The third kappa shape index (κ3) is 2.44. The summed E-state index contributed by atoms with van der Waals surface area (Å²) < 4.78 is 1.90. The van der Waals surface area contributed by atoms with Crippen LogP contribution in [0.1, 0.15) is 24.4 Å². The van der Waals surface area contributed by atoms with Crippen LogP contribution in [0.3, 0.4) is 0 Å². The van der Waals surface area contributed by atoms with E-state index in [4.69, 9.17) is 5.73 Å². The van der Waals surface area contributed by atoms with E-state index in [1.54, 1.807) is 6.20 Å². The number of aromatic amines is 1. The molecule has 0 amide bonds. The number of aliphatic hydroxyl groups excluding tert-OH is 2. The summed E-state index contributed by atoms with van der Waals surface area (Å²) in [5.41, 5.74) is 7.67. The Morgan fingerprint density at radius 3 is 2.96 bits per heavy atom. The van der Waals surface area contributed by atoms with Gasteiger partial charge < -0.3 is 20.5 Å². The molecule has 0 spiro atoms. The average Bonchev–Trinajstić information content (AvgIpc) is 3.28. The lowest BCUT2D eigenvalue weighted by molar-refractivity contribution is 0.00545. The second-order valence-corrected chi connectivity index (χ2v) is 6.41. The van der Waals surface area contributed by atoms with Gasteiger partial charge in [-0.05, 0) is 36.8 Å². The van der Waals surface area contributed by atoms with Crippen molar-refractivity contribution < 1.29 is 10.2 Å². The molecular weight excluding hydrogens is 308 g/mol. The Hall–Kier alpha value is -2.45. The number of rotatable bonds is 4. The van der Waals surface area contributed by atoms with E-state index < -0.39 is 12.2 Å². The van der Waals surface area contributed by atoms with Crippen LogP contribution < -0.4 is 5.73 Å². The number of fused-ring (bicyclic) bond motifs is 1. The lowest BCUT2D eigenvalue weighted by atomic mass is 9.97. The van der Waals surface area contributed by atoms with Crippen molar-refractivity contribution in [3.8, 4) is 0 Å². The monoisotopic (exact) mass is 328 g/mol. The molecule has 126 valence electrons. The minimum absolute atomic E-state index is 0.0246. The summed E-state index contributed by atoms with van der Waals surface area (Å²) in [6.45, 7) is 0. The number of aryl methyl sites for hydroxylation is 1. The van der Waals surface area contributed by atoms with Gasteiger partial charge >= 0.3 is 0 Å². The first-order chi connectivity index (χ1) is 11.6. The Morgan fingerprint density at radius 1 is 1.29 bits per heavy atom. The molecule has 1 aliphatic carbocycles. The van der Waals surface area contributed by atoms with Crippen LogP contribution in [-0.2, 0) is 6.42 Å². The maximum atomic E-state index is 10.5. The highest BCUT2D eigenvalue weighted by atomic mass is 16.3. The molecule has 0 unspecified atom stereocenters. The van der Waals surface area contributed by atoms with Crippen LogP contribution in [0.15, 0.2) is 31.0 Å². The summed E-state index contributed by atoms with van der Waals surface area (Å²) in [5.74, 6) is 0.444. The van der Waals surface area contributed by atoms with Gasteiger partial charge in [0, 0.05) is 12.4 Å². The van der Waals surface area contributed by atoms with E-state index in [1.807, 2.05) is 23.0 Å². The number of nitrogen functional groups attached to an aromatic ring is 1. The SMILES string of the molecule is Nc1ncnc2c1ccn2[C@@H]1C[C@H](CCc2cn[nH]c2)[C@@H](O)[C@H]1O. The Bertz CT molecular complexity index is 830. The Balaban J connectivity index is 1.56. The van der Waals surface area contributed by atoms with Crippen LogP contribution >= 0.6 is 0 Å². The number of nitrogens with two attached hydrogens (primary N) is 1. The van der Waals surface area contributed by atoms with E-state index in [1.165, 1.54) is 6.33 Å². The van der Waals surface area contributed by atoms with Crippen LogP contribution in [0.25, 0.3) is 11.0 Å². The maximum Gasteiger partial charge on any atom is 0.145 e. The third-order valence-electron chi connectivity index (χ3n) is 5.03. The molecule has 8 nitrogen and oxygen atoms in total. The summed E-state index contributed by atoms with van der Waals surface area (Å²) in [4.78, 5) is 8.27. The molecular formula is C16H20N6O2. The lowest BCUT2D eigenvalue weighted by Gasteiger charge is -2.19. The first-order valence-electron chi connectivity index (χ1n) is 8.06. The van der Waals surface area contributed by atoms with Crippen LogP contribution in [-0.4, -0.2) is 47.2 Å². The zero-order valence-corrected chi connectivity index (χ0v) is 13.1. The summed E-state index contributed by atoms with van der Waals surface area (Å²) in [6.07, 6.45) is 7.64. The molecule has 3 aromatic rings. The fourth-order valence-corrected chi connectivity index (χ4v) is 3.69. The second-order valence-electron chi connectivity index (χ2n) is 6.41. The zero-order chi connectivity index (χ0) is 16.7. The van der Waals surface area contributed by atoms with Crippen LogP contribution in [0.5, 0.6) is 0 Å². The van der Waals surface area contributed by atoms with E-state index in [0.29, 0.717) is 17.9 Å². The number of hydrogen-bond donors (Lipinski definition) is 4. The Labute approximate surface area is 138 Å². The molecule has 0 saturated heterocycles. The normalized spacial score (nSPS) is 27.1. The highest BCUT2D eigenvalue weighted by Crippen LogP contribution is 2.39. The number of hydrogen-bond acceptors (Lipinski definition) is 6. The third-order valence-corrected chi connectivity index (χ3v) is 5.03. The van der Waals surface area contributed by atoms with Gasteiger partial charge in [-0.3, -0.25) is 5.10 Å². The molecule has 8 heteroatoms. The molecule has 0 aliphatic heterocycles. The van der Waals surface area contributed by atoms with Gasteiger partial charge in [0.05, 0.1) is 23.7 Å². The molecule has 0 bridgehead atoms. The van der Waals surface area contributed by atoms with Crippen molar-refractivity contribution in [2.45, 2.75) is 37.5 Å². The van der Waals surface area contributed by atoms with Gasteiger partial charge in [-0.15, -0.1) is 0 Å². The van der Waals surface area contributed by atoms with Crippen molar-refractivity contribution in [1.29, 1.82) is 0 Å². The summed E-state index contributed by atoms with van der Waals surface area (Å²) in [7, 11) is 0. The Morgan fingerprint density at radius 2 is 2.17 bits per heavy atom. The fourth-order valence-electron chi connectivity index (χ4n) is 3.69. The molecule has 24 heavy (non-hydrogen) atoms. The minimum Gasteiger partial charge on any atom is -0.390 e. The summed E-state index contributed by atoms with van der Waals surface area (Å²) in [6, 6.07) is 1.63. The number of H-pyrrole nitrogens is 1. The zero-order valence-electron chi connectivity index (χ0n) is 13.1. The summed E-state index contributed by atoms with van der Waals surface area (Å²) in [5, 5.41) is 28.4. The minimum atomic E-state index is -0.828. The van der Waals surface area contributed by atoms with Crippen molar-refractivity contribution in [3.05, 3.63) is 36.5 Å². The lowest BCUT2D eigenvalue weighted by Crippen LogP contribution is -2.29. The smallest absolute Gasteiger partial charge is 0.145 e. The summed E-state index contributed by atoms with van der Waals surface area (Å²) >= 11 is 0. The molecule has 3 heterocycles. The van der Waals surface area contributed by atoms with Crippen LogP contribution in [0.2, 0.25) is 0 Å². The highest BCUT2D eigenvalue weighted by Gasteiger charge is 2.42. The fraction of sp³-hybridized carbons (Fsp3) is 0.438. The van der Waals surface area contributed by atoms with Gasteiger partial charge in [-0.2, -0.15) is 5.10 Å². The molecule has 4 rings (SSSR count). The van der Waals surface area contributed by atoms with E-state index in [9.17, 15) is 10.2 Å². The maximum absolute atomic E-state index is 10.5. The second kappa shape index (κ2) is 5.88. The molecule has 0 aromatic carbocycles. The first kappa shape index (κ1) is 15.1. The van der Waals surface area contributed by atoms with E-state index in [0.717, 1.165) is 23.8 Å². The molecule has 1 fully saturated rings. The number of aliphatic hydroxyl groups is 2. The molecule has 3 aromatic heterocycles. The van der Waals surface area contributed by atoms with E-state index in [2.05, 4.69) is 20.2 Å². The number of aromatic nitrogens is 5. The molecule has 1 aliphatic rings. The molecule has 5 N–H and O–H groups in total. The number of anilines is 1. The van der Waals surface area contributed by atoms with Crippen molar-refractivity contribution in [1.82, 2.24) is 24.7 Å². The van der Waals surface area contributed by atoms with Crippen LogP contribution in [0, 0.1) is 5.92 Å². The topological polar surface area (TPSA) is 126 Å². The molecule has 4 atom stereocenters. The molecule has 1 saturated carbocycles. The largest absolute Gasteiger partial charge is 0.390 e. The van der Waals surface area contributed by atoms with Crippen molar-refractivity contribution in [2.24, 2.45) is 5.92 Å². The van der Waals surface area contributed by atoms with Crippen molar-refractivity contribution >= 4 is 16.9 Å². The predicted octanol–water partition coefficient (Wildman–Crippen LogP) is 0.652. The number of nitrogens with zero attached hydrogens (tertiary/aromatic N) is 4. The van der Waals surface area contributed by atoms with Crippen molar-refractivity contribution in [2.75, 3.05) is 5.73 Å². The Kier molecular flexibility index (Phi) is 3.70. The standard InChI is InChI=1S/C16H20N6O2/c17-15-11-3-4-22(16(11)19-8-18-15)12-5-10(13(23)14(12)24)2-1-9-6-20-21-7-9/h3-4,6-8,10,12-14,23-24H,1-2,5H2,(H,20,21)(H2,17,18,19)/t10-,12+,13+,14-/m0/s1. The first-order valence-corrected chi connectivity index (χ1v) is 8.06. The highest BCUT2D eigenvalue weighted by molar-refractivity contribution is 5.86. The van der Waals surface area contributed by atoms with Gasteiger partial charge in [0.1, 0.15) is 23.9 Å².